The molecule has 0 heterocycles. The lowest BCUT2D eigenvalue weighted by atomic mass is 9.81. The van der Waals surface area contributed by atoms with Gasteiger partial charge in [0.25, 0.3) is 0 Å². The SMILES string of the molecule is OC1C[C@@H]2[C@@H]3CC[C@@H](C3)[C@@H]2C1O. The Labute approximate surface area is 72.6 Å². The summed E-state index contributed by atoms with van der Waals surface area (Å²) in [4.78, 5) is 0. The van der Waals surface area contributed by atoms with Gasteiger partial charge in [0.15, 0.2) is 0 Å². The zero-order chi connectivity index (χ0) is 8.29. The summed E-state index contributed by atoms with van der Waals surface area (Å²) in [5.74, 6) is 2.70. The summed E-state index contributed by atoms with van der Waals surface area (Å²) in [5.41, 5.74) is 0. The zero-order valence-electron chi connectivity index (χ0n) is 7.19. The van der Waals surface area contributed by atoms with Crippen molar-refractivity contribution in [2.75, 3.05) is 0 Å². The van der Waals surface area contributed by atoms with Crippen molar-refractivity contribution in [2.45, 2.75) is 37.9 Å². The van der Waals surface area contributed by atoms with Gasteiger partial charge in [-0.3, -0.25) is 0 Å². The predicted octanol–water partition coefficient (Wildman–Crippen LogP) is 0.774. The number of hydrogen-bond donors (Lipinski definition) is 2. The van der Waals surface area contributed by atoms with Crippen LogP contribution in [0.1, 0.15) is 25.7 Å². The Kier molecular flexibility index (Phi) is 1.37. The Morgan fingerprint density at radius 3 is 2.42 bits per heavy atom. The summed E-state index contributed by atoms with van der Waals surface area (Å²) >= 11 is 0. The van der Waals surface area contributed by atoms with Crippen molar-refractivity contribution in [1.29, 1.82) is 0 Å². The monoisotopic (exact) mass is 168 g/mol. The minimum absolute atomic E-state index is 0.398. The van der Waals surface area contributed by atoms with Crippen LogP contribution in [0.15, 0.2) is 0 Å². The largest absolute Gasteiger partial charge is 0.390 e. The van der Waals surface area contributed by atoms with E-state index in [0.29, 0.717) is 11.8 Å². The van der Waals surface area contributed by atoms with E-state index in [2.05, 4.69) is 0 Å². The van der Waals surface area contributed by atoms with Crippen molar-refractivity contribution in [3.8, 4) is 0 Å². The van der Waals surface area contributed by atoms with E-state index in [4.69, 9.17) is 0 Å². The Morgan fingerprint density at radius 2 is 1.67 bits per heavy atom. The van der Waals surface area contributed by atoms with Gasteiger partial charge in [0.1, 0.15) is 0 Å². The molecule has 0 spiro atoms. The smallest absolute Gasteiger partial charge is 0.0832 e. The van der Waals surface area contributed by atoms with E-state index in [9.17, 15) is 10.2 Å². The molecule has 6 atom stereocenters. The molecule has 0 saturated heterocycles. The first-order valence-corrected chi connectivity index (χ1v) is 5.13. The highest BCUT2D eigenvalue weighted by atomic mass is 16.3. The summed E-state index contributed by atoms with van der Waals surface area (Å²) in [6, 6.07) is 0. The second-order valence-electron chi connectivity index (χ2n) is 4.87. The van der Waals surface area contributed by atoms with Crippen LogP contribution in [0.5, 0.6) is 0 Å². The Hall–Kier alpha value is -0.0800. The van der Waals surface area contributed by atoms with Crippen molar-refractivity contribution < 1.29 is 10.2 Å². The lowest BCUT2D eigenvalue weighted by Gasteiger charge is -2.25. The van der Waals surface area contributed by atoms with Gasteiger partial charge in [-0.15, -0.1) is 0 Å². The molecule has 0 aromatic heterocycles. The summed E-state index contributed by atoms with van der Waals surface area (Å²) in [6.07, 6.45) is 4.04. The Balaban J connectivity index is 1.90. The minimum atomic E-state index is -0.414. The fourth-order valence-corrected chi connectivity index (χ4v) is 4.01. The Bertz CT molecular complexity index is 202. The molecule has 0 amide bonds. The molecule has 0 aromatic rings. The maximum atomic E-state index is 9.74. The van der Waals surface area contributed by atoms with Gasteiger partial charge in [-0.25, -0.2) is 0 Å². The molecular weight excluding hydrogens is 152 g/mol. The van der Waals surface area contributed by atoms with Crippen LogP contribution in [-0.2, 0) is 0 Å². The summed E-state index contributed by atoms with van der Waals surface area (Å²) < 4.78 is 0. The van der Waals surface area contributed by atoms with Crippen LogP contribution in [0.4, 0.5) is 0 Å². The van der Waals surface area contributed by atoms with E-state index in [0.717, 1.165) is 18.3 Å². The van der Waals surface area contributed by atoms with Crippen LogP contribution in [0, 0.1) is 23.7 Å². The van der Waals surface area contributed by atoms with E-state index < -0.39 is 12.2 Å². The lowest BCUT2D eigenvalue weighted by Crippen LogP contribution is -2.29. The quantitative estimate of drug-likeness (QED) is 0.561. The summed E-state index contributed by atoms with van der Waals surface area (Å²) in [7, 11) is 0. The highest BCUT2D eigenvalue weighted by molar-refractivity contribution is 5.05. The zero-order valence-corrected chi connectivity index (χ0v) is 7.19. The molecule has 3 saturated carbocycles. The molecule has 2 unspecified atom stereocenters. The van der Waals surface area contributed by atoms with Gasteiger partial charge in [0, 0.05) is 0 Å². The third-order valence-electron chi connectivity index (χ3n) is 4.46. The van der Waals surface area contributed by atoms with E-state index in [1.165, 1.54) is 19.3 Å². The number of aliphatic hydroxyl groups is 2. The molecule has 2 N–H and O–H groups in total. The molecule has 0 aliphatic heterocycles. The molecule has 3 rings (SSSR count). The molecule has 2 bridgehead atoms. The first-order valence-electron chi connectivity index (χ1n) is 5.13. The molecule has 68 valence electrons. The number of aliphatic hydroxyl groups excluding tert-OH is 2. The maximum absolute atomic E-state index is 9.74. The van der Waals surface area contributed by atoms with Gasteiger partial charge in [-0.2, -0.15) is 0 Å². The lowest BCUT2D eigenvalue weighted by molar-refractivity contribution is 0.00654. The van der Waals surface area contributed by atoms with Gasteiger partial charge in [0.2, 0.25) is 0 Å². The molecule has 2 nitrogen and oxygen atoms in total. The molecule has 3 aliphatic carbocycles. The maximum Gasteiger partial charge on any atom is 0.0832 e. The molecule has 2 heteroatoms. The van der Waals surface area contributed by atoms with Crippen LogP contribution >= 0.6 is 0 Å². The fraction of sp³-hybridized carbons (Fsp3) is 1.00. The van der Waals surface area contributed by atoms with Crippen molar-refractivity contribution in [1.82, 2.24) is 0 Å². The third kappa shape index (κ3) is 0.728. The normalized spacial score (nSPS) is 62.5. The van der Waals surface area contributed by atoms with E-state index >= 15 is 0 Å². The van der Waals surface area contributed by atoms with Crippen LogP contribution in [-0.4, -0.2) is 22.4 Å². The van der Waals surface area contributed by atoms with Gasteiger partial charge >= 0.3 is 0 Å². The van der Waals surface area contributed by atoms with Crippen molar-refractivity contribution in [2.24, 2.45) is 23.7 Å². The fourth-order valence-electron chi connectivity index (χ4n) is 4.01. The standard InChI is InChI=1S/C10H16O2/c11-8-4-7-5-1-2-6(3-5)9(7)10(8)12/h5-12H,1-4H2/t5-,6+,7-,8?,9+,10?/m1/s1. The predicted molar refractivity (Wildman–Crippen MR) is 44.4 cm³/mol. The van der Waals surface area contributed by atoms with Crippen molar-refractivity contribution >= 4 is 0 Å². The van der Waals surface area contributed by atoms with Crippen LogP contribution < -0.4 is 0 Å². The van der Waals surface area contributed by atoms with Crippen molar-refractivity contribution in [3.63, 3.8) is 0 Å². The number of rotatable bonds is 0. The Morgan fingerprint density at radius 1 is 0.917 bits per heavy atom. The van der Waals surface area contributed by atoms with E-state index in [-0.39, 0.29) is 0 Å². The number of fused-ring (bicyclic) bond motifs is 5. The van der Waals surface area contributed by atoms with Gasteiger partial charge in [-0.1, -0.05) is 0 Å². The van der Waals surface area contributed by atoms with Crippen LogP contribution in [0.2, 0.25) is 0 Å². The van der Waals surface area contributed by atoms with Crippen LogP contribution in [0.25, 0.3) is 0 Å². The summed E-state index contributed by atoms with van der Waals surface area (Å²) in [5, 5.41) is 19.3. The van der Waals surface area contributed by atoms with E-state index in [1.807, 2.05) is 0 Å². The highest BCUT2D eigenvalue weighted by Gasteiger charge is 2.55. The van der Waals surface area contributed by atoms with Gasteiger partial charge < -0.3 is 10.2 Å². The number of hydrogen-bond acceptors (Lipinski definition) is 2. The van der Waals surface area contributed by atoms with E-state index in [1.54, 1.807) is 0 Å². The third-order valence-corrected chi connectivity index (χ3v) is 4.46. The van der Waals surface area contributed by atoms with Gasteiger partial charge in [-0.05, 0) is 49.4 Å². The topological polar surface area (TPSA) is 40.5 Å². The van der Waals surface area contributed by atoms with Crippen molar-refractivity contribution in [3.05, 3.63) is 0 Å². The molecule has 3 fully saturated rings. The summed E-state index contributed by atoms with van der Waals surface area (Å²) in [6.45, 7) is 0. The molecule has 0 radical (unpaired) electrons. The first-order chi connectivity index (χ1) is 5.77. The van der Waals surface area contributed by atoms with Gasteiger partial charge in [0.05, 0.1) is 12.2 Å². The average molecular weight is 168 g/mol. The van der Waals surface area contributed by atoms with Crippen LogP contribution in [0.3, 0.4) is 0 Å². The average Bonchev–Trinajstić information content (AvgIpc) is 2.66. The first kappa shape index (κ1) is 7.34. The second-order valence-corrected chi connectivity index (χ2v) is 4.87. The second kappa shape index (κ2) is 2.24. The highest BCUT2D eigenvalue weighted by Crippen LogP contribution is 2.58. The molecular formula is C10H16O2. The molecule has 0 aromatic carbocycles. The molecule has 12 heavy (non-hydrogen) atoms. The minimum Gasteiger partial charge on any atom is -0.390 e. The molecule has 3 aliphatic rings.